The third-order valence-corrected chi connectivity index (χ3v) is 7.48. The van der Waals surface area contributed by atoms with Crippen LogP contribution in [0.1, 0.15) is 44.6 Å². The maximum atomic E-state index is 10.0. The summed E-state index contributed by atoms with van der Waals surface area (Å²) in [5.41, 5.74) is 0.449. The van der Waals surface area contributed by atoms with Crippen molar-refractivity contribution in [1.82, 2.24) is 14.3 Å². The van der Waals surface area contributed by atoms with E-state index in [-0.39, 0.29) is 5.60 Å². The number of anilines is 1. The third-order valence-electron chi connectivity index (χ3n) is 6.75. The number of rotatable bonds is 6. The molecule has 0 aliphatic carbocycles. The lowest BCUT2D eigenvalue weighted by Gasteiger charge is -2.47. The van der Waals surface area contributed by atoms with Crippen molar-refractivity contribution in [2.45, 2.75) is 56.3 Å². The van der Waals surface area contributed by atoms with Crippen molar-refractivity contribution in [3.05, 3.63) is 36.2 Å². The van der Waals surface area contributed by atoms with E-state index in [1.54, 1.807) is 20.2 Å². The highest BCUT2D eigenvalue weighted by Crippen LogP contribution is 2.41. The van der Waals surface area contributed by atoms with Crippen LogP contribution >= 0.6 is 11.5 Å². The summed E-state index contributed by atoms with van der Waals surface area (Å²) in [7, 11) is 0. The molecule has 1 atom stereocenters. The van der Waals surface area contributed by atoms with Gasteiger partial charge >= 0.3 is 0 Å². The van der Waals surface area contributed by atoms with Gasteiger partial charge in [0.2, 0.25) is 5.13 Å². The number of ether oxygens (including phenoxy) is 2. The summed E-state index contributed by atoms with van der Waals surface area (Å²) in [6.45, 7) is 8.74. The second-order valence-electron chi connectivity index (χ2n) is 9.88. The zero-order valence-corrected chi connectivity index (χ0v) is 19.2. The second kappa shape index (κ2) is 8.31. The molecule has 0 bridgehead atoms. The van der Waals surface area contributed by atoms with E-state index in [4.69, 9.17) is 9.47 Å². The van der Waals surface area contributed by atoms with Gasteiger partial charge in [-0.2, -0.15) is 4.37 Å². The molecule has 1 aromatic heterocycles. The van der Waals surface area contributed by atoms with Crippen LogP contribution in [-0.4, -0.2) is 76.0 Å². The van der Waals surface area contributed by atoms with Crippen molar-refractivity contribution in [3.63, 3.8) is 0 Å². The Hall–Kier alpha value is -1.74. The van der Waals surface area contributed by atoms with Gasteiger partial charge in [0, 0.05) is 17.6 Å². The van der Waals surface area contributed by atoms with Crippen LogP contribution in [0.2, 0.25) is 0 Å². The predicted octanol–water partition coefficient (Wildman–Crippen LogP) is 2.92. The molecule has 0 radical (unpaired) electrons. The van der Waals surface area contributed by atoms with Gasteiger partial charge in [0.05, 0.1) is 25.3 Å². The molecule has 168 valence electrons. The van der Waals surface area contributed by atoms with Crippen LogP contribution in [0.5, 0.6) is 5.75 Å². The number of aromatic nitrogens is 2. The Morgan fingerprint density at radius 2 is 2.03 bits per heavy atom. The Morgan fingerprint density at radius 3 is 2.74 bits per heavy atom. The summed E-state index contributed by atoms with van der Waals surface area (Å²) in [6, 6.07) is 8.83. The Balaban J connectivity index is 1.14. The minimum Gasteiger partial charge on any atom is -0.490 e. The van der Waals surface area contributed by atoms with Crippen LogP contribution in [-0.2, 0) is 4.74 Å². The van der Waals surface area contributed by atoms with E-state index in [0.717, 1.165) is 62.9 Å². The fourth-order valence-corrected chi connectivity index (χ4v) is 5.67. The topological polar surface area (TPSA) is 71.0 Å². The van der Waals surface area contributed by atoms with E-state index in [2.05, 4.69) is 31.3 Å². The third kappa shape index (κ3) is 4.58. The van der Waals surface area contributed by atoms with Crippen molar-refractivity contribution in [2.75, 3.05) is 44.3 Å². The standard InChI is InChI=1S/C23H32N4O3S/c1-22(2,28)15-29-20-6-4-3-5-19(20)17-7-9-26(10-8-17)18-11-23(30-12-18)13-27(14-23)21-24-16-25-31-21/h3-6,16-18,28H,7-15H2,1-2H3. The van der Waals surface area contributed by atoms with Crippen molar-refractivity contribution in [1.29, 1.82) is 0 Å². The van der Waals surface area contributed by atoms with Gasteiger partial charge in [-0.25, -0.2) is 4.98 Å². The highest BCUT2D eigenvalue weighted by Gasteiger charge is 2.51. The van der Waals surface area contributed by atoms with Crippen LogP contribution in [0.3, 0.4) is 0 Å². The average molecular weight is 445 g/mol. The van der Waals surface area contributed by atoms with Crippen LogP contribution in [0.15, 0.2) is 30.6 Å². The minimum absolute atomic E-state index is 0.00469. The Morgan fingerprint density at radius 1 is 1.26 bits per heavy atom. The normalized spacial score (nSPS) is 24.5. The number of hydrogen-bond acceptors (Lipinski definition) is 8. The molecular formula is C23H32N4O3S. The first-order valence-electron chi connectivity index (χ1n) is 11.2. The number of piperidine rings is 1. The van der Waals surface area contributed by atoms with Crippen molar-refractivity contribution >= 4 is 16.7 Å². The molecule has 1 N–H and O–H groups in total. The molecule has 1 aromatic carbocycles. The number of hydrogen-bond donors (Lipinski definition) is 1. The Kier molecular flexibility index (Phi) is 5.66. The molecule has 7 nitrogen and oxygen atoms in total. The summed E-state index contributed by atoms with van der Waals surface area (Å²) in [5, 5.41) is 11.0. The molecule has 1 spiro atoms. The van der Waals surface area contributed by atoms with Gasteiger partial charge in [-0.3, -0.25) is 4.90 Å². The molecule has 3 fully saturated rings. The summed E-state index contributed by atoms with van der Waals surface area (Å²) in [5.74, 6) is 1.42. The first kappa shape index (κ1) is 21.1. The minimum atomic E-state index is -0.831. The van der Waals surface area contributed by atoms with Gasteiger partial charge in [0.15, 0.2) is 0 Å². The first-order chi connectivity index (χ1) is 14.9. The van der Waals surface area contributed by atoms with E-state index in [1.807, 2.05) is 12.1 Å². The van der Waals surface area contributed by atoms with E-state index in [0.29, 0.717) is 18.6 Å². The van der Waals surface area contributed by atoms with Gasteiger partial charge in [-0.05, 0) is 63.7 Å². The predicted molar refractivity (Wildman–Crippen MR) is 121 cm³/mol. The second-order valence-corrected chi connectivity index (χ2v) is 10.6. The number of nitrogens with zero attached hydrogens (tertiary/aromatic N) is 4. The molecule has 1 unspecified atom stereocenters. The van der Waals surface area contributed by atoms with Gasteiger partial charge < -0.3 is 19.5 Å². The molecule has 3 saturated heterocycles. The number of likely N-dealkylation sites (tertiary alicyclic amines) is 1. The summed E-state index contributed by atoms with van der Waals surface area (Å²) < 4.78 is 16.4. The molecule has 0 saturated carbocycles. The molecule has 3 aliphatic rings. The molecule has 3 aliphatic heterocycles. The fraction of sp³-hybridized carbons (Fsp3) is 0.652. The maximum Gasteiger partial charge on any atom is 0.205 e. The summed E-state index contributed by atoms with van der Waals surface area (Å²) in [4.78, 5) is 9.21. The Labute approximate surface area is 188 Å². The molecule has 31 heavy (non-hydrogen) atoms. The van der Waals surface area contributed by atoms with Crippen LogP contribution in [0.4, 0.5) is 5.13 Å². The van der Waals surface area contributed by atoms with Gasteiger partial charge in [0.25, 0.3) is 0 Å². The molecule has 4 heterocycles. The zero-order chi connectivity index (χ0) is 21.5. The molecule has 2 aromatic rings. The van der Waals surface area contributed by atoms with E-state index in [1.165, 1.54) is 17.1 Å². The highest BCUT2D eigenvalue weighted by molar-refractivity contribution is 7.09. The van der Waals surface area contributed by atoms with E-state index in [9.17, 15) is 5.11 Å². The van der Waals surface area contributed by atoms with Crippen molar-refractivity contribution in [2.24, 2.45) is 0 Å². The van der Waals surface area contributed by atoms with Crippen molar-refractivity contribution < 1.29 is 14.6 Å². The highest BCUT2D eigenvalue weighted by atomic mass is 32.1. The molecule has 8 heteroatoms. The van der Waals surface area contributed by atoms with Crippen LogP contribution in [0.25, 0.3) is 0 Å². The van der Waals surface area contributed by atoms with Crippen molar-refractivity contribution in [3.8, 4) is 5.75 Å². The van der Waals surface area contributed by atoms with Crippen LogP contribution < -0.4 is 9.64 Å². The molecule has 0 amide bonds. The fourth-order valence-electron chi connectivity index (χ4n) is 5.15. The smallest absolute Gasteiger partial charge is 0.205 e. The average Bonchev–Trinajstić information content (AvgIpc) is 3.41. The lowest BCUT2D eigenvalue weighted by Crippen LogP contribution is -2.62. The first-order valence-corrected chi connectivity index (χ1v) is 12.0. The SMILES string of the molecule is CC(C)(O)COc1ccccc1C1CCN(C2COC3(C2)CN(c2ncns2)C3)CC1. The van der Waals surface area contributed by atoms with E-state index >= 15 is 0 Å². The molecular weight excluding hydrogens is 412 g/mol. The van der Waals surface area contributed by atoms with Gasteiger partial charge in [-0.1, -0.05) is 18.2 Å². The largest absolute Gasteiger partial charge is 0.490 e. The lowest BCUT2D eigenvalue weighted by atomic mass is 9.86. The monoisotopic (exact) mass is 444 g/mol. The number of benzene rings is 1. The quantitative estimate of drug-likeness (QED) is 0.735. The number of para-hydroxylation sites is 1. The lowest BCUT2D eigenvalue weighted by molar-refractivity contribution is -0.0194. The van der Waals surface area contributed by atoms with Gasteiger partial charge in [-0.15, -0.1) is 0 Å². The molecule has 5 rings (SSSR count). The number of aliphatic hydroxyl groups is 1. The summed E-state index contributed by atoms with van der Waals surface area (Å²) in [6.07, 6.45) is 4.99. The Bertz CT molecular complexity index is 871. The van der Waals surface area contributed by atoms with Crippen LogP contribution in [0, 0.1) is 0 Å². The summed E-state index contributed by atoms with van der Waals surface area (Å²) >= 11 is 1.46. The maximum absolute atomic E-state index is 10.0. The van der Waals surface area contributed by atoms with E-state index < -0.39 is 5.60 Å². The van der Waals surface area contributed by atoms with Gasteiger partial charge in [0.1, 0.15) is 24.3 Å². The zero-order valence-electron chi connectivity index (χ0n) is 18.4.